The molecule has 2 aromatic heterocycles. The van der Waals surface area contributed by atoms with Crippen molar-refractivity contribution >= 4 is 27.3 Å². The Morgan fingerprint density at radius 2 is 2.43 bits per heavy atom. The van der Waals surface area contributed by atoms with Gasteiger partial charge in [0.15, 0.2) is 0 Å². The summed E-state index contributed by atoms with van der Waals surface area (Å²) < 4.78 is 0.939. The van der Waals surface area contributed by atoms with E-state index in [1.165, 1.54) is 17.8 Å². The van der Waals surface area contributed by atoms with Crippen molar-refractivity contribution in [2.24, 2.45) is 5.92 Å². The summed E-state index contributed by atoms with van der Waals surface area (Å²) in [6.07, 6.45) is 2.85. The summed E-state index contributed by atoms with van der Waals surface area (Å²) in [6.45, 7) is 3.20. The molecule has 0 radical (unpaired) electrons. The molecule has 2 fully saturated rings. The third-order valence-electron chi connectivity index (χ3n) is 4.46. The molecule has 2 aromatic rings. The van der Waals surface area contributed by atoms with E-state index in [0.29, 0.717) is 17.2 Å². The van der Waals surface area contributed by atoms with Crippen molar-refractivity contribution in [2.75, 3.05) is 19.6 Å². The number of pyridine rings is 1. The third-order valence-corrected chi connectivity index (χ3v) is 5.40. The number of fused-ring (bicyclic) bond motifs is 3. The van der Waals surface area contributed by atoms with Gasteiger partial charge >= 0.3 is 0 Å². The molecule has 2 aliphatic heterocycles. The first-order chi connectivity index (χ1) is 10.2. The van der Waals surface area contributed by atoms with Gasteiger partial charge in [0.05, 0.1) is 10.3 Å². The molecule has 0 aromatic carbocycles. The van der Waals surface area contributed by atoms with Crippen LogP contribution in [-0.2, 0) is 0 Å². The number of carbonyl (C=O) groups excluding carboxylic acids is 1. The number of hydrogen-bond donors (Lipinski definition) is 1. The van der Waals surface area contributed by atoms with E-state index in [0.717, 1.165) is 29.7 Å². The number of rotatable bonds is 2. The van der Waals surface area contributed by atoms with Gasteiger partial charge < -0.3 is 10.2 Å². The Kier molecular flexibility index (Phi) is 2.91. The molecule has 2 saturated heterocycles. The lowest BCUT2D eigenvalue weighted by Crippen LogP contribution is -2.43. The second-order valence-electron chi connectivity index (χ2n) is 5.72. The molecule has 2 aliphatic rings. The number of hydrogen-bond acceptors (Lipinski definition) is 5. The fourth-order valence-corrected chi connectivity index (χ4v) is 4.17. The van der Waals surface area contributed by atoms with Gasteiger partial charge in [-0.3, -0.25) is 4.79 Å². The van der Waals surface area contributed by atoms with Crippen LogP contribution in [-0.4, -0.2) is 41.5 Å². The second-order valence-corrected chi connectivity index (χ2v) is 6.63. The van der Waals surface area contributed by atoms with Crippen LogP contribution in [0.2, 0.25) is 0 Å². The second kappa shape index (κ2) is 4.79. The normalized spacial score (nSPS) is 26.9. The van der Waals surface area contributed by atoms with E-state index in [1.807, 2.05) is 0 Å². The average molecular weight is 298 g/mol. The molecule has 21 heavy (non-hydrogen) atoms. The zero-order valence-corrected chi connectivity index (χ0v) is 12.2. The van der Waals surface area contributed by atoms with Crippen molar-refractivity contribution in [3.05, 3.63) is 28.9 Å². The Morgan fingerprint density at radius 3 is 3.14 bits per heavy atom. The fourth-order valence-electron chi connectivity index (χ4n) is 3.33. The maximum Gasteiger partial charge on any atom is 0.270 e. The van der Waals surface area contributed by atoms with E-state index < -0.39 is 0 Å². The average Bonchev–Trinajstić information content (AvgIpc) is 3.21. The van der Waals surface area contributed by atoms with Gasteiger partial charge in [-0.2, -0.15) is 5.26 Å². The van der Waals surface area contributed by atoms with E-state index in [9.17, 15) is 4.79 Å². The summed E-state index contributed by atoms with van der Waals surface area (Å²) in [5, 5.41) is 14.8. The number of carbonyl (C=O) groups is 1. The van der Waals surface area contributed by atoms with Gasteiger partial charge in [-0.15, -0.1) is 11.3 Å². The highest BCUT2D eigenvalue weighted by molar-refractivity contribution is 7.17. The number of thiophene rings is 1. The molecule has 0 aliphatic carbocycles. The minimum atomic E-state index is -0.134. The lowest BCUT2D eigenvalue weighted by atomic mass is 10.00. The van der Waals surface area contributed by atoms with Crippen molar-refractivity contribution in [1.29, 1.82) is 5.26 Å². The molecule has 0 saturated carbocycles. The molecule has 5 nitrogen and oxygen atoms in total. The highest BCUT2D eigenvalue weighted by Crippen LogP contribution is 2.28. The number of nitrogens with one attached hydrogen (secondary N) is 1. The van der Waals surface area contributed by atoms with Crippen LogP contribution in [0.3, 0.4) is 0 Å². The molecule has 1 N–H and O–H groups in total. The first-order valence-corrected chi connectivity index (χ1v) is 7.93. The first-order valence-electron chi connectivity index (χ1n) is 7.05. The molecular formula is C15H14N4OS. The molecule has 1 amide bonds. The molecule has 4 rings (SSSR count). The van der Waals surface area contributed by atoms with Crippen molar-refractivity contribution in [2.45, 2.75) is 12.5 Å². The van der Waals surface area contributed by atoms with Gasteiger partial charge in [0.25, 0.3) is 5.91 Å². The Bertz CT molecular complexity index is 763. The highest BCUT2D eigenvalue weighted by Gasteiger charge is 2.38. The lowest BCUT2D eigenvalue weighted by Gasteiger charge is -2.22. The minimum absolute atomic E-state index is 0.134. The van der Waals surface area contributed by atoms with Gasteiger partial charge in [-0.25, -0.2) is 4.98 Å². The smallest absolute Gasteiger partial charge is 0.270 e. The molecule has 6 heteroatoms. The Labute approximate surface area is 126 Å². The molecule has 3 atom stereocenters. The van der Waals surface area contributed by atoms with Crippen LogP contribution in [0.4, 0.5) is 0 Å². The van der Waals surface area contributed by atoms with Crippen molar-refractivity contribution < 1.29 is 4.79 Å². The van der Waals surface area contributed by atoms with Gasteiger partial charge in [0.1, 0.15) is 11.8 Å². The molecular weight excluding hydrogens is 284 g/mol. The maximum absolute atomic E-state index is 12.4. The monoisotopic (exact) mass is 298 g/mol. The topological polar surface area (TPSA) is 69.0 Å². The Balaban J connectivity index is 1.58. The lowest BCUT2D eigenvalue weighted by molar-refractivity contribution is 0.0919. The minimum Gasteiger partial charge on any atom is -0.346 e. The van der Waals surface area contributed by atoms with Crippen LogP contribution in [0, 0.1) is 17.2 Å². The van der Waals surface area contributed by atoms with Crippen molar-refractivity contribution in [1.82, 2.24) is 15.2 Å². The predicted molar refractivity (Wildman–Crippen MR) is 80.1 cm³/mol. The van der Waals surface area contributed by atoms with Crippen LogP contribution >= 0.6 is 11.3 Å². The van der Waals surface area contributed by atoms with Gasteiger partial charge in [-0.1, -0.05) is 0 Å². The van der Waals surface area contributed by atoms with E-state index in [4.69, 9.17) is 5.26 Å². The fraction of sp³-hybridized carbons (Fsp3) is 0.400. The third kappa shape index (κ3) is 2.09. The van der Waals surface area contributed by atoms with Crippen LogP contribution in [0.15, 0.2) is 17.6 Å². The van der Waals surface area contributed by atoms with Crippen molar-refractivity contribution in [3.8, 4) is 6.07 Å². The number of nitriles is 1. The summed E-state index contributed by atoms with van der Waals surface area (Å²) in [5.41, 5.74) is 1.01. The largest absolute Gasteiger partial charge is 0.346 e. The molecule has 2 bridgehead atoms. The van der Waals surface area contributed by atoms with Gasteiger partial charge in [-0.05, 0) is 24.9 Å². The summed E-state index contributed by atoms with van der Waals surface area (Å²) >= 11 is 1.48. The number of piperidine rings is 1. The highest BCUT2D eigenvalue weighted by atomic mass is 32.1. The van der Waals surface area contributed by atoms with Crippen LogP contribution in [0.5, 0.6) is 0 Å². The predicted octanol–water partition coefficient (Wildman–Crippen LogP) is 1.60. The Morgan fingerprint density at radius 1 is 1.52 bits per heavy atom. The summed E-state index contributed by atoms with van der Waals surface area (Å²) in [5.74, 6) is 0.444. The zero-order valence-electron chi connectivity index (χ0n) is 11.4. The number of aromatic nitrogens is 1. The number of nitrogens with zero attached hydrogens (tertiary/aromatic N) is 3. The summed E-state index contributed by atoms with van der Waals surface area (Å²) in [6, 6.07) is 4.12. The standard InChI is InChI=1S/C15H14N4OS/c16-4-10-8-21-14-5-17-12(3-11(10)14)15(20)18-13-7-19-2-1-9(13)6-19/h3,5,8-9,13H,1-2,6-7H2,(H,18,20). The number of amides is 1. The van der Waals surface area contributed by atoms with E-state index in [2.05, 4.69) is 21.3 Å². The maximum atomic E-state index is 12.4. The zero-order chi connectivity index (χ0) is 14.4. The molecule has 106 valence electrons. The van der Waals surface area contributed by atoms with Crippen molar-refractivity contribution in [3.63, 3.8) is 0 Å². The van der Waals surface area contributed by atoms with E-state index in [1.54, 1.807) is 17.6 Å². The molecule has 0 spiro atoms. The van der Waals surface area contributed by atoms with Crippen LogP contribution in [0.1, 0.15) is 22.5 Å². The van der Waals surface area contributed by atoms with Gasteiger partial charge in [0, 0.05) is 36.1 Å². The SMILES string of the molecule is N#Cc1csc2cnc(C(=O)NC3CN4CCC3C4)cc12. The van der Waals surface area contributed by atoms with Crippen LogP contribution in [0.25, 0.3) is 10.1 Å². The first kappa shape index (κ1) is 12.7. The van der Waals surface area contributed by atoms with E-state index >= 15 is 0 Å². The van der Waals surface area contributed by atoms with Gasteiger partial charge in [0.2, 0.25) is 0 Å². The molecule has 4 heterocycles. The summed E-state index contributed by atoms with van der Waals surface area (Å²) in [7, 11) is 0. The Hall–Kier alpha value is -1.97. The quantitative estimate of drug-likeness (QED) is 0.914. The van der Waals surface area contributed by atoms with E-state index in [-0.39, 0.29) is 11.9 Å². The van der Waals surface area contributed by atoms with Crippen LogP contribution < -0.4 is 5.32 Å². The molecule has 3 unspecified atom stereocenters. The summed E-state index contributed by atoms with van der Waals surface area (Å²) in [4.78, 5) is 19.0.